The average molecular weight is 313 g/mol. The molecule has 0 bridgehead atoms. The lowest BCUT2D eigenvalue weighted by atomic mass is 10.1. The first kappa shape index (κ1) is 20.3. The highest BCUT2D eigenvalue weighted by Crippen LogP contribution is 2.09. The fourth-order valence-electron chi connectivity index (χ4n) is 1.94. The topological polar surface area (TPSA) is 26.3 Å². The number of hydrogen-bond donors (Lipinski definition) is 0. The third-order valence-corrected chi connectivity index (χ3v) is 4.14. The van der Waals surface area contributed by atoms with Gasteiger partial charge in [-0.15, -0.1) is 11.8 Å². The number of ether oxygens (including phenoxy) is 1. The predicted molar refractivity (Wildman–Crippen MR) is 94.6 cm³/mol. The molecule has 0 aromatic heterocycles. The Morgan fingerprint density at radius 3 is 2.52 bits per heavy atom. The van der Waals surface area contributed by atoms with Gasteiger partial charge in [-0.1, -0.05) is 57.3 Å². The Balaban J connectivity index is 3.21. The van der Waals surface area contributed by atoms with E-state index in [0.717, 1.165) is 19.3 Å². The molecule has 0 aliphatic carbocycles. The first-order valence-corrected chi connectivity index (χ1v) is 9.36. The molecule has 0 spiro atoms. The molecule has 0 N–H and O–H groups in total. The lowest BCUT2D eigenvalue weighted by Gasteiger charge is -1.99. The molecular weight excluding hydrogens is 280 g/mol. The van der Waals surface area contributed by atoms with E-state index < -0.39 is 0 Å². The van der Waals surface area contributed by atoms with Crippen molar-refractivity contribution in [3.8, 4) is 0 Å². The molecule has 2 nitrogen and oxygen atoms in total. The Morgan fingerprint density at radius 2 is 1.76 bits per heavy atom. The van der Waals surface area contributed by atoms with Crippen molar-refractivity contribution < 1.29 is 9.53 Å². The van der Waals surface area contributed by atoms with Gasteiger partial charge in [-0.2, -0.15) is 0 Å². The Labute approximate surface area is 135 Å². The number of rotatable bonds is 14. The number of carbonyl (C=O) groups excluding carboxylic acids is 1. The summed E-state index contributed by atoms with van der Waals surface area (Å²) in [7, 11) is 1.45. The van der Waals surface area contributed by atoms with Gasteiger partial charge in [0.25, 0.3) is 0 Å². The molecule has 0 atom stereocenters. The fraction of sp³-hybridized carbons (Fsp3) is 0.722. The quantitative estimate of drug-likeness (QED) is 0.227. The molecule has 0 saturated heterocycles. The summed E-state index contributed by atoms with van der Waals surface area (Å²) in [5.41, 5.74) is 0. The van der Waals surface area contributed by atoms with Crippen molar-refractivity contribution in [2.45, 2.75) is 71.1 Å². The van der Waals surface area contributed by atoms with Crippen molar-refractivity contribution in [2.75, 3.05) is 12.9 Å². The summed E-state index contributed by atoms with van der Waals surface area (Å²) in [6.45, 7) is 2.24. The molecule has 0 aromatic rings. The standard InChI is InChI=1S/C18H32O2S/c1-3-4-13-16-21-17-14-11-9-7-5-6-8-10-12-15-18(19)20-2/h9,11,14,17H,3-8,10,12-13,15-16H2,1-2H3/b11-9+,17-14+. The zero-order valence-electron chi connectivity index (χ0n) is 13.8. The number of allylic oxidation sites excluding steroid dienone is 3. The van der Waals surface area contributed by atoms with Crippen molar-refractivity contribution in [3.05, 3.63) is 23.6 Å². The van der Waals surface area contributed by atoms with Gasteiger partial charge in [0.1, 0.15) is 0 Å². The van der Waals surface area contributed by atoms with E-state index >= 15 is 0 Å². The highest BCUT2D eigenvalue weighted by Gasteiger charge is 1.98. The van der Waals surface area contributed by atoms with Crippen LogP contribution in [-0.4, -0.2) is 18.8 Å². The molecule has 122 valence electrons. The Bertz CT molecular complexity index is 285. The normalized spacial score (nSPS) is 11.5. The van der Waals surface area contributed by atoms with Crippen LogP contribution in [0.4, 0.5) is 0 Å². The number of carbonyl (C=O) groups is 1. The van der Waals surface area contributed by atoms with Crippen molar-refractivity contribution in [1.29, 1.82) is 0 Å². The second-order valence-electron chi connectivity index (χ2n) is 5.22. The lowest BCUT2D eigenvalue weighted by Crippen LogP contribution is -1.98. The van der Waals surface area contributed by atoms with Crippen LogP contribution in [0.25, 0.3) is 0 Å². The molecule has 0 aromatic carbocycles. The van der Waals surface area contributed by atoms with E-state index in [1.54, 1.807) is 0 Å². The van der Waals surface area contributed by atoms with Crippen molar-refractivity contribution in [3.63, 3.8) is 0 Å². The molecule has 3 heteroatoms. The molecular formula is C18H32O2S. The van der Waals surface area contributed by atoms with Gasteiger partial charge < -0.3 is 4.74 Å². The maximum Gasteiger partial charge on any atom is 0.305 e. The van der Waals surface area contributed by atoms with Gasteiger partial charge in [-0.3, -0.25) is 4.79 Å². The second kappa shape index (κ2) is 17.4. The minimum absolute atomic E-state index is 0.0858. The molecule has 21 heavy (non-hydrogen) atoms. The van der Waals surface area contributed by atoms with Crippen LogP contribution >= 0.6 is 11.8 Å². The molecule has 0 aliphatic rings. The van der Waals surface area contributed by atoms with Crippen LogP contribution in [0.15, 0.2) is 23.6 Å². The Hall–Kier alpha value is -0.700. The summed E-state index contributed by atoms with van der Waals surface area (Å²) < 4.78 is 4.61. The zero-order chi connectivity index (χ0) is 15.6. The Morgan fingerprint density at radius 1 is 1.00 bits per heavy atom. The van der Waals surface area contributed by atoms with Gasteiger partial charge in [0.2, 0.25) is 0 Å². The first-order chi connectivity index (χ1) is 10.3. The van der Waals surface area contributed by atoms with Gasteiger partial charge in [-0.25, -0.2) is 0 Å². The number of thioether (sulfide) groups is 1. The third-order valence-electron chi connectivity index (χ3n) is 3.27. The lowest BCUT2D eigenvalue weighted by molar-refractivity contribution is -0.140. The van der Waals surface area contributed by atoms with Gasteiger partial charge in [0, 0.05) is 6.42 Å². The molecule has 0 rings (SSSR count). The van der Waals surface area contributed by atoms with E-state index in [1.807, 2.05) is 11.8 Å². The van der Waals surface area contributed by atoms with Gasteiger partial charge >= 0.3 is 5.97 Å². The molecule has 0 unspecified atom stereocenters. The van der Waals surface area contributed by atoms with E-state index in [1.165, 1.54) is 51.4 Å². The zero-order valence-corrected chi connectivity index (χ0v) is 14.6. The van der Waals surface area contributed by atoms with E-state index in [9.17, 15) is 4.79 Å². The van der Waals surface area contributed by atoms with Crippen LogP contribution in [0.1, 0.15) is 71.1 Å². The number of methoxy groups -OCH3 is 1. The number of esters is 1. The summed E-state index contributed by atoms with van der Waals surface area (Å²) in [6.07, 6.45) is 18.0. The SMILES string of the molecule is CCCCCS/C=C/C=C/CCCCCCCC(=O)OC. The van der Waals surface area contributed by atoms with Crippen LogP contribution in [0.3, 0.4) is 0 Å². The summed E-state index contributed by atoms with van der Waals surface area (Å²) in [5.74, 6) is 1.15. The van der Waals surface area contributed by atoms with Gasteiger partial charge in [0.15, 0.2) is 0 Å². The molecule has 0 radical (unpaired) electrons. The van der Waals surface area contributed by atoms with Crippen molar-refractivity contribution >= 4 is 17.7 Å². The highest BCUT2D eigenvalue weighted by atomic mass is 32.2. The third kappa shape index (κ3) is 17.2. The molecule has 0 aliphatic heterocycles. The van der Waals surface area contributed by atoms with Crippen LogP contribution in [-0.2, 0) is 9.53 Å². The maximum absolute atomic E-state index is 10.9. The monoisotopic (exact) mass is 312 g/mol. The molecule has 0 amide bonds. The molecule has 0 saturated carbocycles. The average Bonchev–Trinajstić information content (AvgIpc) is 2.50. The maximum atomic E-state index is 10.9. The van der Waals surface area contributed by atoms with Crippen molar-refractivity contribution in [1.82, 2.24) is 0 Å². The smallest absolute Gasteiger partial charge is 0.305 e. The minimum Gasteiger partial charge on any atom is -0.469 e. The first-order valence-electron chi connectivity index (χ1n) is 8.31. The molecule has 0 fully saturated rings. The van der Waals surface area contributed by atoms with E-state index in [2.05, 4.69) is 35.3 Å². The van der Waals surface area contributed by atoms with Crippen molar-refractivity contribution in [2.24, 2.45) is 0 Å². The van der Waals surface area contributed by atoms with Crippen LogP contribution in [0.2, 0.25) is 0 Å². The Kier molecular flexibility index (Phi) is 16.8. The predicted octanol–water partition coefficient (Wildman–Crippen LogP) is 5.88. The summed E-state index contributed by atoms with van der Waals surface area (Å²) in [5, 5.41) is 2.19. The summed E-state index contributed by atoms with van der Waals surface area (Å²) in [4.78, 5) is 10.9. The van der Waals surface area contributed by atoms with E-state index in [0.29, 0.717) is 6.42 Å². The summed E-state index contributed by atoms with van der Waals surface area (Å²) >= 11 is 1.91. The van der Waals surface area contributed by atoms with Crippen LogP contribution in [0, 0.1) is 0 Å². The van der Waals surface area contributed by atoms with Crippen LogP contribution in [0.5, 0.6) is 0 Å². The van der Waals surface area contributed by atoms with Crippen LogP contribution < -0.4 is 0 Å². The van der Waals surface area contributed by atoms with Gasteiger partial charge in [-0.05, 0) is 36.8 Å². The molecule has 0 heterocycles. The second-order valence-corrected chi connectivity index (χ2v) is 6.23. The van der Waals surface area contributed by atoms with E-state index in [-0.39, 0.29) is 5.97 Å². The van der Waals surface area contributed by atoms with E-state index in [4.69, 9.17) is 0 Å². The number of hydrogen-bond acceptors (Lipinski definition) is 3. The number of unbranched alkanes of at least 4 members (excludes halogenated alkanes) is 7. The van der Waals surface area contributed by atoms with Gasteiger partial charge in [0.05, 0.1) is 7.11 Å². The largest absolute Gasteiger partial charge is 0.469 e. The minimum atomic E-state index is -0.0858. The fourth-order valence-corrected chi connectivity index (χ4v) is 2.65. The highest BCUT2D eigenvalue weighted by molar-refractivity contribution is 8.02. The summed E-state index contributed by atoms with van der Waals surface area (Å²) in [6, 6.07) is 0.